The molecule has 0 aromatic carbocycles. The third-order valence-electron chi connectivity index (χ3n) is 0.727. The Hall–Kier alpha value is -0.443. The lowest BCUT2D eigenvalue weighted by Crippen LogP contribution is -2.04. The molecule has 1 rings (SSSR count). The van der Waals surface area contributed by atoms with Crippen LogP contribution in [0.5, 0.6) is 0 Å². The molecule has 7 heavy (non-hydrogen) atoms. The first-order valence-electron chi connectivity index (χ1n) is 2.18. The Bertz CT molecular complexity index is 96.3. The standard InChI is InChI=1S/C4H6N2Si/c7-4-5-2-1-3-6-4/h2-4,7H,1H2. The van der Waals surface area contributed by atoms with Crippen molar-refractivity contribution in [3.63, 3.8) is 0 Å². The molecular formula is C4H6N2Si. The largest absolute Gasteiger partial charge is 0.275 e. The van der Waals surface area contributed by atoms with Crippen LogP contribution in [0.3, 0.4) is 0 Å². The van der Waals surface area contributed by atoms with Crippen molar-refractivity contribution in [3.8, 4) is 0 Å². The van der Waals surface area contributed by atoms with Gasteiger partial charge in [0.1, 0.15) is 5.79 Å². The van der Waals surface area contributed by atoms with Gasteiger partial charge in [0.05, 0.1) is 10.2 Å². The Balaban J connectivity index is 2.49. The van der Waals surface area contributed by atoms with Gasteiger partial charge in [0.2, 0.25) is 0 Å². The van der Waals surface area contributed by atoms with Crippen LogP contribution in [0, 0.1) is 0 Å². The molecule has 0 aromatic rings. The minimum atomic E-state index is 0.0914. The van der Waals surface area contributed by atoms with Crippen LogP contribution in [0.4, 0.5) is 0 Å². The second-order valence-electron chi connectivity index (χ2n) is 1.31. The molecule has 0 aromatic heterocycles. The first-order chi connectivity index (χ1) is 3.39. The molecule has 1 heterocycles. The van der Waals surface area contributed by atoms with Gasteiger partial charge in [0.25, 0.3) is 0 Å². The van der Waals surface area contributed by atoms with E-state index >= 15 is 0 Å². The Labute approximate surface area is 45.8 Å². The van der Waals surface area contributed by atoms with Gasteiger partial charge in [-0.15, -0.1) is 0 Å². The molecule has 1 aliphatic rings. The molecule has 0 saturated carbocycles. The summed E-state index contributed by atoms with van der Waals surface area (Å²) in [5.41, 5.74) is 0. The molecule has 0 unspecified atom stereocenters. The topological polar surface area (TPSA) is 24.7 Å². The normalized spacial score (nSPS) is 20.7. The number of aliphatic imine (C=N–C) groups is 2. The summed E-state index contributed by atoms with van der Waals surface area (Å²) in [5.74, 6) is 0.0914. The van der Waals surface area contributed by atoms with Crippen LogP contribution in [0.15, 0.2) is 9.98 Å². The van der Waals surface area contributed by atoms with Gasteiger partial charge in [-0.3, -0.25) is 9.98 Å². The van der Waals surface area contributed by atoms with Crippen molar-refractivity contribution in [2.24, 2.45) is 9.98 Å². The zero-order chi connectivity index (χ0) is 5.11. The van der Waals surface area contributed by atoms with Gasteiger partial charge in [0, 0.05) is 18.9 Å². The lowest BCUT2D eigenvalue weighted by molar-refractivity contribution is 0.964. The molecule has 2 nitrogen and oxygen atoms in total. The van der Waals surface area contributed by atoms with E-state index < -0.39 is 0 Å². The summed E-state index contributed by atoms with van der Waals surface area (Å²) in [5, 5.41) is 0. The number of nitrogens with zero attached hydrogens (tertiary/aromatic N) is 2. The first-order valence-corrected chi connectivity index (χ1v) is 2.85. The minimum absolute atomic E-state index is 0.0914. The summed E-state index contributed by atoms with van der Waals surface area (Å²) in [6.07, 6.45) is 4.63. The number of rotatable bonds is 0. The summed E-state index contributed by atoms with van der Waals surface area (Å²) in [6, 6.07) is 0. The molecule has 0 aliphatic carbocycles. The Morgan fingerprint density at radius 2 is 2.00 bits per heavy atom. The molecule has 0 N–H and O–H groups in total. The van der Waals surface area contributed by atoms with Gasteiger partial charge in [0.15, 0.2) is 0 Å². The summed E-state index contributed by atoms with van der Waals surface area (Å²) in [7, 11) is 2.51. The summed E-state index contributed by atoms with van der Waals surface area (Å²) < 4.78 is 0. The van der Waals surface area contributed by atoms with Gasteiger partial charge in [-0.1, -0.05) is 0 Å². The van der Waals surface area contributed by atoms with Crippen molar-refractivity contribution in [2.45, 2.75) is 12.2 Å². The van der Waals surface area contributed by atoms with E-state index in [4.69, 9.17) is 0 Å². The Kier molecular flexibility index (Phi) is 1.36. The van der Waals surface area contributed by atoms with Crippen molar-refractivity contribution in [2.75, 3.05) is 0 Å². The Morgan fingerprint density at radius 1 is 1.43 bits per heavy atom. The van der Waals surface area contributed by atoms with Crippen LogP contribution in [-0.4, -0.2) is 28.5 Å². The maximum absolute atomic E-state index is 3.97. The van der Waals surface area contributed by atoms with Crippen molar-refractivity contribution < 1.29 is 0 Å². The van der Waals surface area contributed by atoms with Crippen LogP contribution >= 0.6 is 0 Å². The highest BCUT2D eigenvalue weighted by molar-refractivity contribution is 6.13. The molecule has 2 radical (unpaired) electrons. The molecule has 0 atom stereocenters. The fourth-order valence-corrected chi connectivity index (χ4v) is 0.667. The van der Waals surface area contributed by atoms with E-state index in [0.717, 1.165) is 6.42 Å². The van der Waals surface area contributed by atoms with Crippen molar-refractivity contribution in [1.82, 2.24) is 0 Å². The van der Waals surface area contributed by atoms with Crippen molar-refractivity contribution in [1.29, 1.82) is 0 Å². The number of hydrogen-bond acceptors (Lipinski definition) is 2. The van der Waals surface area contributed by atoms with E-state index in [1.165, 1.54) is 0 Å². The quantitative estimate of drug-likeness (QED) is 0.383. The third-order valence-corrected chi connectivity index (χ3v) is 1.07. The summed E-state index contributed by atoms with van der Waals surface area (Å²) >= 11 is 0. The zero-order valence-electron chi connectivity index (χ0n) is 3.91. The third kappa shape index (κ3) is 1.23. The number of hydrogen-bond donors (Lipinski definition) is 0. The monoisotopic (exact) mass is 110 g/mol. The molecule has 0 spiro atoms. The lowest BCUT2D eigenvalue weighted by atomic mass is 10.5. The van der Waals surface area contributed by atoms with Gasteiger partial charge in [-0.2, -0.15) is 0 Å². The maximum atomic E-state index is 3.97. The fraction of sp³-hybridized carbons (Fsp3) is 0.500. The molecule has 0 fully saturated rings. The zero-order valence-corrected chi connectivity index (χ0v) is 5.07. The highest BCUT2D eigenvalue weighted by Crippen LogP contribution is 1.89. The highest BCUT2D eigenvalue weighted by Gasteiger charge is 1.92. The second-order valence-corrected chi connectivity index (χ2v) is 1.91. The van der Waals surface area contributed by atoms with Gasteiger partial charge in [-0.05, 0) is 0 Å². The maximum Gasteiger partial charge on any atom is 0.117 e. The predicted octanol–water partition coefficient (Wildman–Crippen LogP) is -0.284. The minimum Gasteiger partial charge on any atom is -0.275 e. The van der Waals surface area contributed by atoms with E-state index in [2.05, 4.69) is 20.2 Å². The Morgan fingerprint density at radius 3 is 2.29 bits per heavy atom. The summed E-state index contributed by atoms with van der Waals surface area (Å²) in [4.78, 5) is 7.94. The molecule has 0 amide bonds. The summed E-state index contributed by atoms with van der Waals surface area (Å²) in [6.45, 7) is 0. The first kappa shape index (κ1) is 4.71. The molecule has 0 bridgehead atoms. The van der Waals surface area contributed by atoms with E-state index in [9.17, 15) is 0 Å². The van der Waals surface area contributed by atoms with Gasteiger partial charge >= 0.3 is 0 Å². The molecule has 1 aliphatic heterocycles. The van der Waals surface area contributed by atoms with E-state index in [1.54, 1.807) is 0 Å². The van der Waals surface area contributed by atoms with E-state index in [1.807, 2.05) is 12.4 Å². The fourth-order valence-electron chi connectivity index (χ4n) is 0.423. The van der Waals surface area contributed by atoms with Crippen LogP contribution < -0.4 is 0 Å². The lowest BCUT2D eigenvalue weighted by Gasteiger charge is -2.00. The molecule has 3 heteroatoms. The van der Waals surface area contributed by atoms with E-state index in [-0.39, 0.29) is 5.79 Å². The second kappa shape index (κ2) is 2.02. The smallest absolute Gasteiger partial charge is 0.117 e. The molecule has 0 saturated heterocycles. The van der Waals surface area contributed by atoms with Crippen LogP contribution in [-0.2, 0) is 0 Å². The van der Waals surface area contributed by atoms with Crippen LogP contribution in [0.2, 0.25) is 0 Å². The van der Waals surface area contributed by atoms with Crippen LogP contribution in [0.1, 0.15) is 6.42 Å². The molecule has 36 valence electrons. The van der Waals surface area contributed by atoms with Gasteiger partial charge < -0.3 is 0 Å². The van der Waals surface area contributed by atoms with Crippen molar-refractivity contribution >= 4 is 22.7 Å². The van der Waals surface area contributed by atoms with Crippen molar-refractivity contribution in [3.05, 3.63) is 0 Å². The highest BCUT2D eigenvalue weighted by atomic mass is 28.1. The van der Waals surface area contributed by atoms with Crippen LogP contribution in [0.25, 0.3) is 0 Å². The SMILES string of the molecule is [SiH]C1N=CCC=N1. The predicted molar refractivity (Wildman–Crippen MR) is 32.5 cm³/mol. The van der Waals surface area contributed by atoms with Gasteiger partial charge in [-0.25, -0.2) is 0 Å². The average Bonchev–Trinajstić information content (AvgIpc) is 1.69. The van der Waals surface area contributed by atoms with E-state index in [0.29, 0.717) is 0 Å². The average molecular weight is 110 g/mol. The molecular weight excluding hydrogens is 104 g/mol.